The first kappa shape index (κ1) is 20.5. The number of hydrogen-bond donors (Lipinski definition) is 1. The lowest BCUT2D eigenvalue weighted by molar-refractivity contribution is -0.113. The van der Waals surface area contributed by atoms with Crippen molar-refractivity contribution in [2.45, 2.75) is 22.2 Å². The zero-order chi connectivity index (χ0) is 20.8. The van der Waals surface area contributed by atoms with Gasteiger partial charge in [-0.3, -0.25) is 10.1 Å². The Morgan fingerprint density at radius 3 is 2.77 bits per heavy atom. The largest absolute Gasteiger partial charge is 0.300 e. The van der Waals surface area contributed by atoms with Crippen molar-refractivity contribution in [1.82, 2.24) is 30.4 Å². The van der Waals surface area contributed by atoms with Crippen molar-refractivity contribution < 1.29 is 4.79 Å². The molecule has 0 aliphatic heterocycles. The molecule has 4 rings (SSSR count). The smallest absolute Gasteiger partial charge is 0.236 e. The molecule has 30 heavy (non-hydrogen) atoms. The normalized spacial score (nSPS) is 10.8. The third kappa shape index (κ3) is 5.43. The molecule has 0 saturated heterocycles. The van der Waals surface area contributed by atoms with Crippen LogP contribution in [0.5, 0.6) is 0 Å². The van der Waals surface area contributed by atoms with E-state index in [2.05, 4.69) is 56.2 Å². The molecule has 2 aromatic carbocycles. The SMILES string of the molecule is Cc1cccc(CSc2nnc(NC(=O)CSc3nnnn3-c3ccccc3)s2)c1. The van der Waals surface area contributed by atoms with E-state index in [0.717, 1.165) is 15.8 Å². The van der Waals surface area contributed by atoms with E-state index in [1.54, 1.807) is 16.4 Å². The van der Waals surface area contributed by atoms with E-state index in [1.165, 1.54) is 34.2 Å². The van der Waals surface area contributed by atoms with Crippen LogP contribution in [0.25, 0.3) is 5.69 Å². The van der Waals surface area contributed by atoms with Gasteiger partial charge in [0.15, 0.2) is 4.34 Å². The highest BCUT2D eigenvalue weighted by Gasteiger charge is 2.13. The third-order valence-electron chi connectivity index (χ3n) is 3.87. The summed E-state index contributed by atoms with van der Waals surface area (Å²) in [6, 6.07) is 17.9. The van der Waals surface area contributed by atoms with E-state index in [-0.39, 0.29) is 11.7 Å². The number of carbonyl (C=O) groups excluding carboxylic acids is 1. The highest BCUT2D eigenvalue weighted by Crippen LogP contribution is 2.28. The van der Waals surface area contributed by atoms with Crippen molar-refractivity contribution >= 4 is 45.9 Å². The summed E-state index contributed by atoms with van der Waals surface area (Å²) in [7, 11) is 0. The molecule has 11 heteroatoms. The number of amides is 1. The van der Waals surface area contributed by atoms with Gasteiger partial charge >= 0.3 is 0 Å². The highest BCUT2D eigenvalue weighted by molar-refractivity contribution is 8.00. The lowest BCUT2D eigenvalue weighted by Gasteiger charge is -2.03. The number of thioether (sulfide) groups is 2. The summed E-state index contributed by atoms with van der Waals surface area (Å²) in [5.74, 6) is 0.787. The van der Waals surface area contributed by atoms with E-state index < -0.39 is 0 Å². The van der Waals surface area contributed by atoms with Gasteiger partial charge in [0.1, 0.15) is 0 Å². The molecule has 0 radical (unpaired) electrons. The number of anilines is 1. The van der Waals surface area contributed by atoms with Gasteiger partial charge < -0.3 is 0 Å². The first-order chi connectivity index (χ1) is 14.7. The first-order valence-electron chi connectivity index (χ1n) is 8.96. The first-order valence-corrected chi connectivity index (χ1v) is 11.7. The number of tetrazole rings is 1. The minimum atomic E-state index is -0.186. The van der Waals surface area contributed by atoms with Gasteiger partial charge in [-0.15, -0.1) is 15.3 Å². The quantitative estimate of drug-likeness (QED) is 0.316. The Kier molecular flexibility index (Phi) is 6.72. The monoisotopic (exact) mass is 455 g/mol. The zero-order valence-corrected chi connectivity index (χ0v) is 18.4. The Morgan fingerprint density at radius 2 is 1.93 bits per heavy atom. The molecule has 0 spiro atoms. The molecule has 0 fully saturated rings. The molecule has 152 valence electrons. The summed E-state index contributed by atoms with van der Waals surface area (Å²) in [5, 5.41) is 23.7. The average Bonchev–Trinajstić information content (AvgIpc) is 3.41. The van der Waals surface area contributed by atoms with Gasteiger partial charge in [-0.1, -0.05) is 82.9 Å². The van der Waals surface area contributed by atoms with Crippen molar-refractivity contribution in [2.24, 2.45) is 0 Å². The molecule has 2 aromatic heterocycles. The zero-order valence-electron chi connectivity index (χ0n) is 15.9. The summed E-state index contributed by atoms with van der Waals surface area (Å²) in [5.41, 5.74) is 3.30. The molecule has 1 amide bonds. The number of aryl methyl sites for hydroxylation is 1. The van der Waals surface area contributed by atoms with Gasteiger partial charge in [-0.05, 0) is 35.0 Å². The second-order valence-electron chi connectivity index (χ2n) is 6.20. The van der Waals surface area contributed by atoms with Crippen molar-refractivity contribution in [1.29, 1.82) is 0 Å². The van der Waals surface area contributed by atoms with Gasteiger partial charge in [-0.2, -0.15) is 4.68 Å². The summed E-state index contributed by atoms with van der Waals surface area (Å²) in [4.78, 5) is 12.3. The molecule has 0 bridgehead atoms. The van der Waals surface area contributed by atoms with Gasteiger partial charge in [0.05, 0.1) is 11.4 Å². The van der Waals surface area contributed by atoms with Crippen molar-refractivity contribution in [3.63, 3.8) is 0 Å². The maximum Gasteiger partial charge on any atom is 0.236 e. The van der Waals surface area contributed by atoms with E-state index in [4.69, 9.17) is 0 Å². The Hall–Kier alpha value is -2.76. The minimum Gasteiger partial charge on any atom is -0.300 e. The predicted molar refractivity (Wildman–Crippen MR) is 119 cm³/mol. The predicted octanol–water partition coefficient (Wildman–Crippen LogP) is 3.85. The topological polar surface area (TPSA) is 98.5 Å². The lowest BCUT2D eigenvalue weighted by atomic mass is 10.2. The summed E-state index contributed by atoms with van der Waals surface area (Å²) in [6.45, 7) is 2.07. The molecule has 4 aromatic rings. The standard InChI is InChI=1S/C19H17N7OS3/c1-13-6-5-7-14(10-13)11-29-19-23-21-17(30-19)20-16(27)12-28-18-22-24-25-26(18)15-8-3-2-4-9-15/h2-10H,11-12H2,1H3,(H,20,21,27). The second-order valence-corrected chi connectivity index (χ2v) is 9.34. The number of carbonyl (C=O) groups is 1. The van der Waals surface area contributed by atoms with Crippen molar-refractivity contribution in [2.75, 3.05) is 11.1 Å². The molecular weight excluding hydrogens is 438 g/mol. The number of benzene rings is 2. The van der Waals surface area contributed by atoms with Crippen LogP contribution in [0, 0.1) is 6.92 Å². The molecule has 1 N–H and O–H groups in total. The highest BCUT2D eigenvalue weighted by atomic mass is 32.2. The Balaban J connectivity index is 1.29. The maximum absolute atomic E-state index is 12.3. The van der Waals surface area contributed by atoms with Crippen LogP contribution in [0.1, 0.15) is 11.1 Å². The minimum absolute atomic E-state index is 0.165. The summed E-state index contributed by atoms with van der Waals surface area (Å²) >= 11 is 4.22. The number of nitrogens with zero attached hydrogens (tertiary/aromatic N) is 6. The van der Waals surface area contributed by atoms with E-state index >= 15 is 0 Å². The number of aromatic nitrogens is 6. The van der Waals surface area contributed by atoms with Crippen molar-refractivity contribution in [3.8, 4) is 5.69 Å². The average molecular weight is 456 g/mol. The van der Waals surface area contributed by atoms with Gasteiger partial charge in [0, 0.05) is 5.75 Å². The van der Waals surface area contributed by atoms with Gasteiger partial charge in [0.25, 0.3) is 0 Å². The van der Waals surface area contributed by atoms with Crippen LogP contribution >= 0.6 is 34.9 Å². The molecule has 2 heterocycles. The third-order valence-corrected chi connectivity index (χ3v) is 6.83. The fourth-order valence-electron chi connectivity index (χ4n) is 2.55. The van der Waals surface area contributed by atoms with E-state index in [1.807, 2.05) is 36.4 Å². The molecule has 0 saturated carbocycles. The molecule has 0 unspecified atom stereocenters. The van der Waals surface area contributed by atoms with Gasteiger partial charge in [0.2, 0.25) is 16.2 Å². The van der Waals surface area contributed by atoms with Crippen LogP contribution in [-0.2, 0) is 10.5 Å². The van der Waals surface area contributed by atoms with Crippen LogP contribution in [0.15, 0.2) is 64.1 Å². The number of nitrogens with one attached hydrogen (secondary N) is 1. The number of rotatable bonds is 8. The van der Waals surface area contributed by atoms with Crippen LogP contribution in [0.4, 0.5) is 5.13 Å². The number of hydrogen-bond acceptors (Lipinski definition) is 9. The van der Waals surface area contributed by atoms with Crippen LogP contribution in [-0.4, -0.2) is 42.1 Å². The van der Waals surface area contributed by atoms with Gasteiger partial charge in [-0.25, -0.2) is 0 Å². The summed E-state index contributed by atoms with van der Waals surface area (Å²) < 4.78 is 2.41. The fourth-order valence-corrected chi connectivity index (χ4v) is 4.95. The Morgan fingerprint density at radius 1 is 1.07 bits per heavy atom. The Labute approximate surface area is 185 Å². The molecule has 0 aliphatic carbocycles. The Bertz CT molecular complexity index is 1130. The van der Waals surface area contributed by atoms with Crippen molar-refractivity contribution in [3.05, 3.63) is 65.7 Å². The molecule has 0 aliphatic rings. The fraction of sp³-hybridized carbons (Fsp3) is 0.158. The van der Waals surface area contributed by atoms with Crippen LogP contribution < -0.4 is 5.32 Å². The molecule has 0 atom stereocenters. The maximum atomic E-state index is 12.3. The van der Waals surface area contributed by atoms with Crippen LogP contribution in [0.2, 0.25) is 0 Å². The van der Waals surface area contributed by atoms with E-state index in [9.17, 15) is 4.79 Å². The van der Waals surface area contributed by atoms with E-state index in [0.29, 0.717) is 10.3 Å². The van der Waals surface area contributed by atoms with Crippen LogP contribution in [0.3, 0.4) is 0 Å². The lowest BCUT2D eigenvalue weighted by Crippen LogP contribution is -2.14. The second kappa shape index (κ2) is 9.83. The molecule has 8 nitrogen and oxygen atoms in total. The summed E-state index contributed by atoms with van der Waals surface area (Å²) in [6.07, 6.45) is 0. The molecular formula is C19H17N7OS3. The number of para-hydroxylation sites is 1.